The summed E-state index contributed by atoms with van der Waals surface area (Å²) in [6.45, 7) is 3.63. The van der Waals surface area contributed by atoms with Crippen LogP contribution in [0, 0.1) is 0 Å². The van der Waals surface area contributed by atoms with Crippen LogP contribution in [0.25, 0.3) is 0 Å². The number of hydrogen-bond donors (Lipinski definition) is 3. The van der Waals surface area contributed by atoms with Crippen LogP contribution in [-0.2, 0) is 16.0 Å². The fraction of sp³-hybridized carbons (Fsp3) is 0.579. The standard InChI is InChI=1S/C19H27N3O3.ClH/c1-13-11-15(8-9-20-13)21-18(23)3-2-10-25-16-5-6-17-14(12-16)4-7-19(24)22-17;/h5-6,12-13,15,20H,2-4,7-11H2,1H3,(H,21,23)(H,22,24);1H. The first-order chi connectivity index (χ1) is 12.1. The van der Waals surface area contributed by atoms with E-state index in [2.05, 4.69) is 22.9 Å². The summed E-state index contributed by atoms with van der Waals surface area (Å²) in [5, 5.41) is 9.36. The van der Waals surface area contributed by atoms with Crippen LogP contribution >= 0.6 is 12.4 Å². The Hall–Kier alpha value is -1.79. The predicted molar refractivity (Wildman–Crippen MR) is 104 cm³/mol. The lowest BCUT2D eigenvalue weighted by molar-refractivity contribution is -0.122. The number of nitrogens with one attached hydrogen (secondary N) is 3. The highest BCUT2D eigenvalue weighted by molar-refractivity contribution is 5.94. The summed E-state index contributed by atoms with van der Waals surface area (Å²) in [5.41, 5.74) is 1.98. The molecule has 0 aromatic heterocycles. The fourth-order valence-electron chi connectivity index (χ4n) is 3.44. The van der Waals surface area contributed by atoms with Crippen LogP contribution < -0.4 is 20.7 Å². The number of halogens is 1. The zero-order valence-electron chi connectivity index (χ0n) is 15.2. The Balaban J connectivity index is 0.00000243. The van der Waals surface area contributed by atoms with E-state index >= 15 is 0 Å². The van der Waals surface area contributed by atoms with E-state index in [9.17, 15) is 9.59 Å². The second-order valence-electron chi connectivity index (χ2n) is 6.96. The molecule has 144 valence electrons. The third-order valence-corrected chi connectivity index (χ3v) is 4.78. The average Bonchev–Trinajstić information content (AvgIpc) is 2.59. The highest BCUT2D eigenvalue weighted by Crippen LogP contribution is 2.26. The minimum atomic E-state index is 0. The molecule has 2 aliphatic heterocycles. The number of benzene rings is 1. The molecule has 6 nitrogen and oxygen atoms in total. The average molecular weight is 382 g/mol. The van der Waals surface area contributed by atoms with Crippen molar-refractivity contribution in [2.45, 2.75) is 57.5 Å². The summed E-state index contributed by atoms with van der Waals surface area (Å²) < 4.78 is 5.75. The minimum absolute atomic E-state index is 0. The molecule has 0 radical (unpaired) electrons. The van der Waals surface area contributed by atoms with E-state index in [0.717, 1.165) is 42.8 Å². The van der Waals surface area contributed by atoms with Crippen molar-refractivity contribution < 1.29 is 14.3 Å². The molecule has 2 aliphatic rings. The van der Waals surface area contributed by atoms with Crippen molar-refractivity contribution in [3.63, 3.8) is 0 Å². The van der Waals surface area contributed by atoms with Crippen LogP contribution in [0.1, 0.15) is 44.6 Å². The molecule has 3 rings (SSSR count). The molecule has 1 saturated heterocycles. The quantitative estimate of drug-likeness (QED) is 0.661. The summed E-state index contributed by atoms with van der Waals surface area (Å²) in [7, 11) is 0. The lowest BCUT2D eigenvalue weighted by Gasteiger charge is -2.28. The largest absolute Gasteiger partial charge is 0.494 e. The lowest BCUT2D eigenvalue weighted by atomic mass is 10.0. The monoisotopic (exact) mass is 381 g/mol. The van der Waals surface area contributed by atoms with E-state index in [-0.39, 0.29) is 24.2 Å². The van der Waals surface area contributed by atoms with Gasteiger partial charge in [0.2, 0.25) is 11.8 Å². The van der Waals surface area contributed by atoms with Gasteiger partial charge in [0.15, 0.2) is 0 Å². The van der Waals surface area contributed by atoms with E-state index in [1.54, 1.807) is 0 Å². The number of fused-ring (bicyclic) bond motifs is 1. The van der Waals surface area contributed by atoms with Crippen molar-refractivity contribution >= 4 is 29.9 Å². The Morgan fingerprint density at radius 1 is 1.35 bits per heavy atom. The summed E-state index contributed by atoms with van der Waals surface area (Å²) in [6.07, 6.45) is 4.44. The zero-order valence-corrected chi connectivity index (χ0v) is 16.0. The number of piperidine rings is 1. The topological polar surface area (TPSA) is 79.5 Å². The molecule has 26 heavy (non-hydrogen) atoms. The van der Waals surface area contributed by atoms with Crippen molar-refractivity contribution in [1.29, 1.82) is 0 Å². The maximum absolute atomic E-state index is 12.0. The van der Waals surface area contributed by atoms with Crippen LogP contribution in [-0.4, -0.2) is 37.0 Å². The van der Waals surface area contributed by atoms with Crippen molar-refractivity contribution in [3.05, 3.63) is 23.8 Å². The SMILES string of the molecule is CC1CC(NC(=O)CCCOc2ccc3c(c2)CCC(=O)N3)CCN1.Cl. The summed E-state index contributed by atoms with van der Waals surface area (Å²) in [5.74, 6) is 0.966. The summed E-state index contributed by atoms with van der Waals surface area (Å²) >= 11 is 0. The molecule has 1 aromatic carbocycles. The smallest absolute Gasteiger partial charge is 0.224 e. The fourth-order valence-corrected chi connectivity index (χ4v) is 3.44. The molecule has 3 N–H and O–H groups in total. The molecule has 2 heterocycles. The summed E-state index contributed by atoms with van der Waals surface area (Å²) in [6, 6.07) is 6.48. The number of hydrogen-bond acceptors (Lipinski definition) is 4. The first-order valence-electron chi connectivity index (χ1n) is 9.18. The molecule has 2 amide bonds. The van der Waals surface area contributed by atoms with Gasteiger partial charge in [-0.05, 0) is 62.9 Å². The number of carbonyl (C=O) groups is 2. The molecule has 2 unspecified atom stereocenters. The highest BCUT2D eigenvalue weighted by Gasteiger charge is 2.19. The van der Waals surface area contributed by atoms with E-state index in [4.69, 9.17) is 4.74 Å². The van der Waals surface area contributed by atoms with Gasteiger partial charge in [-0.2, -0.15) is 0 Å². The second kappa shape index (κ2) is 9.78. The van der Waals surface area contributed by atoms with Crippen molar-refractivity contribution in [3.8, 4) is 5.75 Å². The second-order valence-corrected chi connectivity index (χ2v) is 6.96. The van der Waals surface area contributed by atoms with Crippen molar-refractivity contribution in [2.24, 2.45) is 0 Å². The molecule has 1 aromatic rings. The lowest BCUT2D eigenvalue weighted by Crippen LogP contribution is -2.46. The van der Waals surface area contributed by atoms with Gasteiger partial charge in [-0.15, -0.1) is 12.4 Å². The first-order valence-corrected chi connectivity index (χ1v) is 9.18. The predicted octanol–water partition coefficient (Wildman–Crippen LogP) is 2.41. The molecular weight excluding hydrogens is 354 g/mol. The Morgan fingerprint density at radius 2 is 2.19 bits per heavy atom. The van der Waals surface area contributed by atoms with Crippen LogP contribution in [0.3, 0.4) is 0 Å². The first kappa shape index (κ1) is 20.5. The number of aryl methyl sites for hydroxylation is 1. The van der Waals surface area contributed by atoms with Gasteiger partial charge < -0.3 is 20.7 Å². The van der Waals surface area contributed by atoms with Gasteiger partial charge in [0, 0.05) is 30.6 Å². The molecule has 0 saturated carbocycles. The van der Waals surface area contributed by atoms with Gasteiger partial charge in [0.25, 0.3) is 0 Å². The zero-order chi connectivity index (χ0) is 17.6. The third kappa shape index (κ3) is 5.88. The molecule has 2 atom stereocenters. The summed E-state index contributed by atoms with van der Waals surface area (Å²) in [4.78, 5) is 23.4. The normalized spacial score (nSPS) is 21.8. The van der Waals surface area contributed by atoms with E-state index < -0.39 is 0 Å². The maximum Gasteiger partial charge on any atom is 0.224 e. The highest BCUT2D eigenvalue weighted by atomic mass is 35.5. The number of rotatable bonds is 6. The van der Waals surface area contributed by atoms with Crippen LogP contribution in [0.2, 0.25) is 0 Å². The van der Waals surface area contributed by atoms with Crippen LogP contribution in [0.5, 0.6) is 5.75 Å². The molecule has 0 spiro atoms. The third-order valence-electron chi connectivity index (χ3n) is 4.78. The number of anilines is 1. The van der Waals surface area contributed by atoms with Crippen molar-refractivity contribution in [2.75, 3.05) is 18.5 Å². The van der Waals surface area contributed by atoms with Gasteiger partial charge in [-0.3, -0.25) is 9.59 Å². The Labute approximate surface area is 160 Å². The Morgan fingerprint density at radius 3 is 3.00 bits per heavy atom. The van der Waals surface area contributed by atoms with Crippen molar-refractivity contribution in [1.82, 2.24) is 10.6 Å². The van der Waals surface area contributed by atoms with Crippen LogP contribution in [0.4, 0.5) is 5.69 Å². The van der Waals surface area contributed by atoms with Crippen LogP contribution in [0.15, 0.2) is 18.2 Å². The molecule has 0 bridgehead atoms. The molecule has 7 heteroatoms. The van der Waals surface area contributed by atoms with Gasteiger partial charge in [0.1, 0.15) is 5.75 Å². The Bertz CT molecular complexity index is 638. The molecule has 0 aliphatic carbocycles. The Kier molecular flexibility index (Phi) is 7.72. The van der Waals surface area contributed by atoms with E-state index in [0.29, 0.717) is 38.0 Å². The number of carbonyl (C=O) groups excluding carboxylic acids is 2. The van der Waals surface area contributed by atoms with E-state index in [1.165, 1.54) is 0 Å². The number of amides is 2. The van der Waals surface area contributed by atoms with Gasteiger partial charge in [-0.1, -0.05) is 0 Å². The maximum atomic E-state index is 12.0. The number of ether oxygens (including phenoxy) is 1. The minimum Gasteiger partial charge on any atom is -0.494 e. The molecule has 1 fully saturated rings. The van der Waals surface area contributed by atoms with Gasteiger partial charge >= 0.3 is 0 Å². The molecular formula is C19H28ClN3O3. The van der Waals surface area contributed by atoms with E-state index in [1.807, 2.05) is 18.2 Å². The van der Waals surface area contributed by atoms with Gasteiger partial charge in [-0.25, -0.2) is 0 Å². The van der Waals surface area contributed by atoms with Gasteiger partial charge in [0.05, 0.1) is 6.61 Å².